The van der Waals surface area contributed by atoms with Crippen LogP contribution in [0.5, 0.6) is 11.5 Å². The van der Waals surface area contributed by atoms with Gasteiger partial charge in [0.25, 0.3) is 0 Å². The Hall–Kier alpha value is -2.58. The van der Waals surface area contributed by atoms with Crippen molar-refractivity contribution in [2.45, 2.75) is 31.2 Å². The van der Waals surface area contributed by atoms with E-state index in [1.54, 1.807) is 41.3 Å². The third kappa shape index (κ3) is 3.50. The van der Waals surface area contributed by atoms with Crippen molar-refractivity contribution >= 4 is 21.6 Å². The molecule has 0 saturated heterocycles. The molecule has 0 fully saturated rings. The van der Waals surface area contributed by atoms with E-state index in [1.165, 1.54) is 6.92 Å². The molecule has 1 N–H and O–H groups in total. The fourth-order valence-corrected chi connectivity index (χ4v) is 4.45. The molecule has 1 amide bonds. The number of amides is 1. The van der Waals surface area contributed by atoms with E-state index in [0.717, 1.165) is 29.7 Å². The first-order chi connectivity index (χ1) is 12.9. The van der Waals surface area contributed by atoms with E-state index in [-0.39, 0.29) is 24.1 Å². The summed E-state index contributed by atoms with van der Waals surface area (Å²) in [4.78, 5) is 13.7. The molecule has 2 aliphatic heterocycles. The molecule has 8 heteroatoms. The number of fused-ring (bicyclic) bond motifs is 2. The Morgan fingerprint density at radius 3 is 2.78 bits per heavy atom. The van der Waals surface area contributed by atoms with Gasteiger partial charge in [0.1, 0.15) is 0 Å². The molecule has 7 nitrogen and oxygen atoms in total. The van der Waals surface area contributed by atoms with Crippen LogP contribution >= 0.6 is 0 Å². The molecule has 4 rings (SSSR count). The first-order valence-corrected chi connectivity index (χ1v) is 10.2. The zero-order valence-electron chi connectivity index (χ0n) is 14.9. The van der Waals surface area contributed by atoms with Gasteiger partial charge in [0, 0.05) is 25.7 Å². The molecule has 0 bridgehead atoms. The minimum atomic E-state index is -3.67. The van der Waals surface area contributed by atoms with Gasteiger partial charge < -0.3 is 14.4 Å². The summed E-state index contributed by atoms with van der Waals surface area (Å²) in [6.07, 6.45) is 1.57. The number of anilines is 1. The number of nitrogens with one attached hydrogen (secondary N) is 1. The van der Waals surface area contributed by atoms with Crippen LogP contribution in [0.4, 0.5) is 5.69 Å². The highest BCUT2D eigenvalue weighted by Crippen LogP contribution is 2.33. The maximum Gasteiger partial charge on any atom is 0.240 e. The first-order valence-electron chi connectivity index (χ1n) is 8.73. The van der Waals surface area contributed by atoms with Gasteiger partial charge in [0.15, 0.2) is 11.5 Å². The molecule has 0 spiro atoms. The van der Waals surface area contributed by atoms with Crippen LogP contribution in [-0.4, -0.2) is 27.7 Å². The zero-order valence-corrected chi connectivity index (χ0v) is 15.7. The highest BCUT2D eigenvalue weighted by atomic mass is 32.2. The van der Waals surface area contributed by atoms with Crippen LogP contribution in [0.2, 0.25) is 0 Å². The molecule has 0 atom stereocenters. The van der Waals surface area contributed by atoms with Crippen LogP contribution in [0.25, 0.3) is 0 Å². The average Bonchev–Trinajstić information content (AvgIpc) is 3.13. The van der Waals surface area contributed by atoms with E-state index in [1.807, 2.05) is 0 Å². The lowest BCUT2D eigenvalue weighted by atomic mass is 10.0. The number of ether oxygens (including phenoxy) is 2. The second-order valence-corrected chi connectivity index (χ2v) is 8.34. The summed E-state index contributed by atoms with van der Waals surface area (Å²) in [6.45, 7) is 2.51. The molecular weight excluding hydrogens is 368 g/mol. The smallest absolute Gasteiger partial charge is 0.240 e. The predicted octanol–water partition coefficient (Wildman–Crippen LogP) is 2.19. The Balaban J connectivity index is 1.53. The summed E-state index contributed by atoms with van der Waals surface area (Å²) < 4.78 is 38.6. The third-order valence-electron chi connectivity index (χ3n) is 4.76. The number of carbonyl (C=O) groups excluding carboxylic acids is 1. The van der Waals surface area contributed by atoms with Gasteiger partial charge in [-0.2, -0.15) is 0 Å². The highest BCUT2D eigenvalue weighted by molar-refractivity contribution is 7.89. The first kappa shape index (κ1) is 17.8. The molecule has 2 aromatic carbocycles. The summed E-state index contributed by atoms with van der Waals surface area (Å²) in [7, 11) is -3.67. The van der Waals surface area contributed by atoms with Gasteiger partial charge in [-0.05, 0) is 54.3 Å². The molecule has 27 heavy (non-hydrogen) atoms. The van der Waals surface area contributed by atoms with Gasteiger partial charge >= 0.3 is 0 Å². The van der Waals surface area contributed by atoms with Gasteiger partial charge in [0.05, 0.1) is 4.90 Å². The number of benzene rings is 2. The van der Waals surface area contributed by atoms with Crippen molar-refractivity contribution < 1.29 is 22.7 Å². The maximum absolute atomic E-state index is 12.7. The monoisotopic (exact) mass is 388 g/mol. The summed E-state index contributed by atoms with van der Waals surface area (Å²) >= 11 is 0. The van der Waals surface area contributed by atoms with E-state index < -0.39 is 10.0 Å². The lowest BCUT2D eigenvalue weighted by Gasteiger charge is -2.28. The summed E-state index contributed by atoms with van der Waals surface area (Å²) in [5.74, 6) is 1.24. The molecule has 0 aromatic heterocycles. The molecular formula is C19H20N2O5S. The van der Waals surface area contributed by atoms with Crippen LogP contribution in [0.15, 0.2) is 41.3 Å². The van der Waals surface area contributed by atoms with Crippen molar-refractivity contribution in [2.24, 2.45) is 0 Å². The number of sulfonamides is 1. The predicted molar refractivity (Wildman–Crippen MR) is 99.4 cm³/mol. The molecule has 142 valence electrons. The van der Waals surface area contributed by atoms with E-state index in [9.17, 15) is 13.2 Å². The van der Waals surface area contributed by atoms with Gasteiger partial charge in [0.2, 0.25) is 22.7 Å². The molecule has 2 aromatic rings. The summed E-state index contributed by atoms with van der Waals surface area (Å²) in [5, 5.41) is 0. The van der Waals surface area contributed by atoms with Crippen LogP contribution in [0, 0.1) is 0 Å². The maximum atomic E-state index is 12.7. The van der Waals surface area contributed by atoms with Crippen molar-refractivity contribution in [3.05, 3.63) is 47.5 Å². The SMILES string of the molecule is CC(=O)N1CCCc2cc(S(=O)(=O)NCc3ccc4c(c3)OCO4)ccc21. The lowest BCUT2D eigenvalue weighted by molar-refractivity contribution is -0.116. The second kappa shape index (κ2) is 6.86. The summed E-state index contributed by atoms with van der Waals surface area (Å²) in [6, 6.07) is 10.2. The fourth-order valence-electron chi connectivity index (χ4n) is 3.38. The lowest BCUT2D eigenvalue weighted by Crippen LogP contribution is -2.33. The highest BCUT2D eigenvalue weighted by Gasteiger charge is 2.23. The Labute approximate surface area is 157 Å². The van der Waals surface area contributed by atoms with Gasteiger partial charge in [-0.3, -0.25) is 4.79 Å². The number of nitrogens with zero attached hydrogens (tertiary/aromatic N) is 1. The van der Waals surface area contributed by atoms with Gasteiger partial charge in [-0.15, -0.1) is 0 Å². The number of hydrogen-bond acceptors (Lipinski definition) is 5. The second-order valence-electron chi connectivity index (χ2n) is 6.58. The fraction of sp³-hybridized carbons (Fsp3) is 0.316. The minimum absolute atomic E-state index is 0.0347. The zero-order chi connectivity index (χ0) is 19.0. The van der Waals surface area contributed by atoms with Crippen molar-refractivity contribution in [3.63, 3.8) is 0 Å². The molecule has 0 aliphatic carbocycles. The number of aryl methyl sites for hydroxylation is 1. The quantitative estimate of drug-likeness (QED) is 0.868. The number of carbonyl (C=O) groups is 1. The van der Waals surface area contributed by atoms with Gasteiger partial charge in [-0.1, -0.05) is 6.07 Å². The third-order valence-corrected chi connectivity index (χ3v) is 6.16. The van der Waals surface area contributed by atoms with E-state index in [4.69, 9.17) is 9.47 Å². The van der Waals surface area contributed by atoms with E-state index in [2.05, 4.69) is 4.72 Å². The molecule has 2 aliphatic rings. The number of hydrogen-bond donors (Lipinski definition) is 1. The molecule has 0 radical (unpaired) electrons. The van der Waals surface area contributed by atoms with Crippen molar-refractivity contribution in [3.8, 4) is 11.5 Å². The average molecular weight is 388 g/mol. The Bertz CT molecular complexity index is 1000. The Morgan fingerprint density at radius 2 is 1.96 bits per heavy atom. The minimum Gasteiger partial charge on any atom is -0.454 e. The largest absolute Gasteiger partial charge is 0.454 e. The van der Waals surface area contributed by atoms with Crippen LogP contribution in [-0.2, 0) is 27.8 Å². The molecule has 0 unspecified atom stereocenters. The molecule has 2 heterocycles. The van der Waals surface area contributed by atoms with Crippen LogP contribution < -0.4 is 19.1 Å². The van der Waals surface area contributed by atoms with E-state index in [0.29, 0.717) is 18.0 Å². The Kier molecular flexibility index (Phi) is 4.53. The van der Waals surface area contributed by atoms with Crippen molar-refractivity contribution in [1.82, 2.24) is 4.72 Å². The standard InChI is InChI=1S/C19H20N2O5S/c1-13(22)21-8-2-3-15-10-16(5-6-17(15)21)27(23,24)20-11-14-4-7-18-19(9-14)26-12-25-18/h4-7,9-10,20H,2-3,8,11-12H2,1H3. The summed E-state index contributed by atoms with van der Waals surface area (Å²) in [5.41, 5.74) is 2.45. The molecule has 0 saturated carbocycles. The topological polar surface area (TPSA) is 84.9 Å². The van der Waals surface area contributed by atoms with Crippen molar-refractivity contribution in [1.29, 1.82) is 0 Å². The van der Waals surface area contributed by atoms with Crippen LogP contribution in [0.3, 0.4) is 0 Å². The van der Waals surface area contributed by atoms with Crippen LogP contribution in [0.1, 0.15) is 24.5 Å². The van der Waals surface area contributed by atoms with Gasteiger partial charge in [-0.25, -0.2) is 13.1 Å². The van der Waals surface area contributed by atoms with E-state index >= 15 is 0 Å². The normalized spacial score (nSPS) is 15.5. The Morgan fingerprint density at radius 1 is 1.15 bits per heavy atom. The number of rotatable bonds is 4. The van der Waals surface area contributed by atoms with Crippen molar-refractivity contribution in [2.75, 3.05) is 18.2 Å².